The fourth-order valence-electron chi connectivity index (χ4n) is 1.54. The molecule has 0 N–H and O–H groups in total. The number of rotatable bonds is 9. The van der Waals surface area contributed by atoms with Gasteiger partial charge in [-0.1, -0.05) is 48.8 Å². The Balaban J connectivity index is 2.39. The van der Waals surface area contributed by atoms with Crippen LogP contribution in [0.15, 0.2) is 24.3 Å². The molecule has 0 amide bonds. The average Bonchev–Trinajstić information content (AvgIpc) is 2.45. The minimum Gasteiger partial charge on any atom is -0.491 e. The summed E-state index contributed by atoms with van der Waals surface area (Å²) < 4.78 is 17.2. The number of hydrogen-bond acceptors (Lipinski definition) is 3. The third kappa shape index (κ3) is 6.81. The summed E-state index contributed by atoms with van der Waals surface area (Å²) in [6, 6.07) is 8.13. The highest BCUT2D eigenvalue weighted by Gasteiger charge is 2.36. The molecule has 1 rings (SSSR count). The van der Waals surface area contributed by atoms with Gasteiger partial charge in [0, 0.05) is 5.33 Å². The largest absolute Gasteiger partial charge is 0.491 e. The Morgan fingerprint density at radius 2 is 1.64 bits per heavy atom. The highest BCUT2D eigenvalue weighted by Crippen LogP contribution is 2.37. The van der Waals surface area contributed by atoms with E-state index in [-0.39, 0.29) is 5.04 Å². The first kappa shape index (κ1) is 19.7. The van der Waals surface area contributed by atoms with Gasteiger partial charge in [0.15, 0.2) is 8.32 Å². The lowest BCUT2D eigenvalue weighted by molar-refractivity contribution is 0.112. The fraction of sp³-hybridized carbons (Fsp3) is 0.647. The summed E-state index contributed by atoms with van der Waals surface area (Å²) in [6.07, 6.45) is 0. The maximum absolute atomic E-state index is 6.22. The van der Waals surface area contributed by atoms with Gasteiger partial charge in [-0.05, 0) is 35.8 Å². The molecular formula is C17H29BrO3Si. The van der Waals surface area contributed by atoms with Crippen molar-refractivity contribution in [2.24, 2.45) is 0 Å². The molecule has 0 bridgehead atoms. The molecule has 0 heterocycles. The minimum absolute atomic E-state index is 0.241. The normalized spacial score (nSPS) is 12.5. The highest BCUT2D eigenvalue weighted by atomic mass is 79.9. The molecule has 0 unspecified atom stereocenters. The Bertz CT molecular complexity index is 427. The van der Waals surface area contributed by atoms with E-state index in [1.54, 1.807) is 0 Å². The zero-order chi connectivity index (χ0) is 16.6. The molecular weight excluding hydrogens is 360 g/mol. The first-order valence-corrected chi connectivity index (χ1v) is 11.8. The smallest absolute Gasteiger partial charge is 0.192 e. The molecule has 0 saturated heterocycles. The Kier molecular flexibility index (Phi) is 8.11. The minimum atomic E-state index is -1.69. The van der Waals surface area contributed by atoms with Crippen molar-refractivity contribution in [3.8, 4) is 5.75 Å². The second-order valence-corrected chi connectivity index (χ2v) is 12.4. The summed E-state index contributed by atoms with van der Waals surface area (Å²) >= 11 is 3.32. The van der Waals surface area contributed by atoms with Gasteiger partial charge in [-0.15, -0.1) is 0 Å². The van der Waals surface area contributed by atoms with Crippen LogP contribution in [0.1, 0.15) is 26.3 Å². The highest BCUT2D eigenvalue weighted by molar-refractivity contribution is 9.09. The molecule has 0 aromatic heterocycles. The lowest BCUT2D eigenvalue weighted by Gasteiger charge is -2.36. The zero-order valence-corrected chi connectivity index (χ0v) is 17.0. The Morgan fingerprint density at radius 3 is 2.18 bits per heavy atom. The molecule has 22 heavy (non-hydrogen) atoms. The van der Waals surface area contributed by atoms with E-state index in [1.807, 2.05) is 12.1 Å². The summed E-state index contributed by atoms with van der Waals surface area (Å²) in [5, 5.41) is 1.10. The van der Waals surface area contributed by atoms with Crippen molar-refractivity contribution in [1.29, 1.82) is 0 Å². The van der Waals surface area contributed by atoms with Gasteiger partial charge in [-0.2, -0.15) is 0 Å². The summed E-state index contributed by atoms with van der Waals surface area (Å²) in [4.78, 5) is 0. The van der Waals surface area contributed by atoms with E-state index in [9.17, 15) is 0 Å². The van der Waals surface area contributed by atoms with Gasteiger partial charge in [0.05, 0.1) is 19.8 Å². The summed E-state index contributed by atoms with van der Waals surface area (Å²) in [6.45, 7) is 13.9. The van der Waals surface area contributed by atoms with Crippen molar-refractivity contribution in [3.63, 3.8) is 0 Å². The molecule has 0 aliphatic carbocycles. The summed E-state index contributed by atoms with van der Waals surface area (Å²) in [5.41, 5.74) is 1.19. The van der Waals surface area contributed by atoms with Crippen LogP contribution in [0.4, 0.5) is 0 Å². The molecule has 5 heteroatoms. The lowest BCUT2D eigenvalue weighted by atomic mass is 10.2. The van der Waals surface area contributed by atoms with Crippen LogP contribution < -0.4 is 4.74 Å². The van der Waals surface area contributed by atoms with Crippen LogP contribution in [0, 0.1) is 0 Å². The van der Waals surface area contributed by atoms with Gasteiger partial charge >= 0.3 is 0 Å². The van der Waals surface area contributed by atoms with Gasteiger partial charge < -0.3 is 13.9 Å². The molecule has 1 aromatic rings. The lowest BCUT2D eigenvalue weighted by Crippen LogP contribution is -2.40. The predicted octanol–water partition coefficient (Wildman–Crippen LogP) is 5.00. The number of halogens is 1. The third-order valence-electron chi connectivity index (χ3n) is 4.05. The zero-order valence-electron chi connectivity index (χ0n) is 14.4. The molecule has 0 saturated carbocycles. The second-order valence-electron chi connectivity index (χ2n) is 6.84. The molecule has 0 atom stereocenters. The van der Waals surface area contributed by atoms with Gasteiger partial charge in [0.25, 0.3) is 0 Å². The standard InChI is InChI=1S/C17H29BrO3Si/c1-17(2,3)22(4,5)21-14-15-6-8-16(9-7-15)20-13-12-19-11-10-18/h6-9H,10-14H2,1-5H3. The summed E-state index contributed by atoms with van der Waals surface area (Å²) in [7, 11) is -1.69. The number of hydrogen-bond donors (Lipinski definition) is 0. The topological polar surface area (TPSA) is 27.7 Å². The Morgan fingerprint density at radius 1 is 1.00 bits per heavy atom. The first-order valence-electron chi connectivity index (χ1n) is 7.76. The molecule has 126 valence electrons. The van der Waals surface area contributed by atoms with Crippen LogP contribution in [0.2, 0.25) is 18.1 Å². The van der Waals surface area contributed by atoms with E-state index in [4.69, 9.17) is 13.9 Å². The molecule has 0 fully saturated rings. The van der Waals surface area contributed by atoms with Crippen molar-refractivity contribution in [2.45, 2.75) is 45.5 Å². The van der Waals surface area contributed by atoms with E-state index < -0.39 is 8.32 Å². The van der Waals surface area contributed by atoms with Crippen molar-refractivity contribution >= 4 is 24.2 Å². The van der Waals surface area contributed by atoms with Crippen molar-refractivity contribution in [1.82, 2.24) is 0 Å². The van der Waals surface area contributed by atoms with E-state index >= 15 is 0 Å². The number of ether oxygens (including phenoxy) is 2. The Labute approximate surface area is 144 Å². The van der Waals surface area contributed by atoms with Crippen LogP contribution in [0.5, 0.6) is 5.75 Å². The molecule has 0 aliphatic rings. The maximum atomic E-state index is 6.22. The maximum Gasteiger partial charge on any atom is 0.192 e. The van der Waals surface area contributed by atoms with Crippen LogP contribution >= 0.6 is 15.9 Å². The van der Waals surface area contributed by atoms with Crippen molar-refractivity contribution in [3.05, 3.63) is 29.8 Å². The van der Waals surface area contributed by atoms with Crippen LogP contribution in [-0.4, -0.2) is 33.5 Å². The second kappa shape index (κ2) is 9.06. The van der Waals surface area contributed by atoms with Crippen molar-refractivity contribution < 1.29 is 13.9 Å². The number of alkyl halides is 1. The molecule has 0 spiro atoms. The van der Waals surface area contributed by atoms with E-state index in [2.05, 4.69) is 61.9 Å². The SMILES string of the molecule is CC(C)(C)[Si](C)(C)OCc1ccc(OCCOCCBr)cc1. The molecule has 3 nitrogen and oxygen atoms in total. The first-order chi connectivity index (χ1) is 10.3. The monoisotopic (exact) mass is 388 g/mol. The van der Waals surface area contributed by atoms with E-state index in [0.717, 1.165) is 11.1 Å². The van der Waals surface area contributed by atoms with Gasteiger partial charge in [-0.3, -0.25) is 0 Å². The number of benzene rings is 1. The Hall–Kier alpha value is -0.363. The fourth-order valence-corrected chi connectivity index (χ4v) is 2.73. The van der Waals surface area contributed by atoms with Gasteiger partial charge in [-0.25, -0.2) is 0 Å². The summed E-state index contributed by atoms with van der Waals surface area (Å²) in [5.74, 6) is 0.874. The predicted molar refractivity (Wildman–Crippen MR) is 98.5 cm³/mol. The van der Waals surface area contributed by atoms with E-state index in [1.165, 1.54) is 5.56 Å². The third-order valence-corrected chi connectivity index (χ3v) is 8.85. The van der Waals surface area contributed by atoms with Gasteiger partial charge in [0.2, 0.25) is 0 Å². The van der Waals surface area contributed by atoms with Crippen LogP contribution in [-0.2, 0) is 15.8 Å². The van der Waals surface area contributed by atoms with Crippen molar-refractivity contribution in [2.75, 3.05) is 25.2 Å². The van der Waals surface area contributed by atoms with E-state index in [0.29, 0.717) is 26.4 Å². The molecule has 0 aliphatic heterocycles. The molecule has 1 aromatic carbocycles. The van der Waals surface area contributed by atoms with Crippen LogP contribution in [0.3, 0.4) is 0 Å². The average molecular weight is 389 g/mol. The van der Waals surface area contributed by atoms with Crippen LogP contribution in [0.25, 0.3) is 0 Å². The van der Waals surface area contributed by atoms with Gasteiger partial charge in [0.1, 0.15) is 12.4 Å². The quantitative estimate of drug-likeness (QED) is 0.338. The molecule has 0 radical (unpaired) electrons.